The minimum absolute atomic E-state index is 0.246. The Bertz CT molecular complexity index is 1110. The predicted octanol–water partition coefficient (Wildman–Crippen LogP) is 4.64. The minimum atomic E-state index is -0.997. The lowest BCUT2D eigenvalue weighted by Gasteiger charge is -2.23. The van der Waals surface area contributed by atoms with Crippen LogP contribution in [-0.2, 0) is 16.1 Å². The summed E-state index contributed by atoms with van der Waals surface area (Å²) in [5, 5.41) is 8.00. The summed E-state index contributed by atoms with van der Waals surface area (Å²) in [5.41, 5.74) is 1.94. The van der Waals surface area contributed by atoms with Crippen LogP contribution in [0.1, 0.15) is 37.3 Å². The molecule has 34 heavy (non-hydrogen) atoms. The molecule has 3 amide bonds. The van der Waals surface area contributed by atoms with E-state index < -0.39 is 29.7 Å². The molecule has 0 aliphatic heterocycles. The highest BCUT2D eigenvalue weighted by molar-refractivity contribution is 7.09. The van der Waals surface area contributed by atoms with Crippen molar-refractivity contribution in [2.24, 2.45) is 0 Å². The number of carbonyl (C=O) groups is 3. The Morgan fingerprint density at radius 1 is 1.03 bits per heavy atom. The van der Waals surface area contributed by atoms with Gasteiger partial charge in [-0.1, -0.05) is 36.4 Å². The summed E-state index contributed by atoms with van der Waals surface area (Å²) in [6.07, 6.45) is 0.312. The molecular formula is C24H26N4O5S. The second-order valence-corrected chi connectivity index (χ2v) is 9.19. The Morgan fingerprint density at radius 3 is 2.47 bits per heavy atom. The molecule has 2 aromatic carbocycles. The van der Waals surface area contributed by atoms with Crippen LogP contribution in [0.5, 0.6) is 5.75 Å². The monoisotopic (exact) mass is 482 g/mol. The SMILES string of the molecule is CC(C)(C)OC(=O)N[C@H](C(=O)Nc1cccc(OC(=O)NCc2cncs2)c1)c1ccccc1. The van der Waals surface area contributed by atoms with E-state index in [-0.39, 0.29) is 5.75 Å². The molecule has 0 saturated carbocycles. The third kappa shape index (κ3) is 7.89. The highest BCUT2D eigenvalue weighted by Gasteiger charge is 2.26. The van der Waals surface area contributed by atoms with E-state index in [2.05, 4.69) is 20.9 Å². The fourth-order valence-corrected chi connectivity index (χ4v) is 3.39. The van der Waals surface area contributed by atoms with Gasteiger partial charge in [0.2, 0.25) is 0 Å². The molecule has 0 spiro atoms. The van der Waals surface area contributed by atoms with E-state index in [1.165, 1.54) is 17.4 Å². The van der Waals surface area contributed by atoms with Gasteiger partial charge in [-0.15, -0.1) is 11.3 Å². The molecular weight excluding hydrogens is 456 g/mol. The van der Waals surface area contributed by atoms with Gasteiger partial charge in [0.25, 0.3) is 5.91 Å². The van der Waals surface area contributed by atoms with Crippen molar-refractivity contribution in [3.8, 4) is 5.75 Å². The van der Waals surface area contributed by atoms with Gasteiger partial charge in [0.1, 0.15) is 17.4 Å². The van der Waals surface area contributed by atoms with Crippen molar-refractivity contribution >= 4 is 35.1 Å². The van der Waals surface area contributed by atoms with Crippen molar-refractivity contribution in [3.63, 3.8) is 0 Å². The Kier molecular flexibility index (Phi) is 8.20. The number of alkyl carbamates (subject to hydrolysis) is 1. The van der Waals surface area contributed by atoms with Crippen LogP contribution < -0.4 is 20.7 Å². The van der Waals surface area contributed by atoms with Crippen LogP contribution in [0.2, 0.25) is 0 Å². The molecule has 178 valence electrons. The minimum Gasteiger partial charge on any atom is -0.444 e. The van der Waals surface area contributed by atoms with Crippen molar-refractivity contribution in [3.05, 3.63) is 76.7 Å². The summed E-state index contributed by atoms with van der Waals surface area (Å²) in [5.74, 6) is -0.236. The lowest BCUT2D eigenvalue weighted by Crippen LogP contribution is -2.40. The van der Waals surface area contributed by atoms with Gasteiger partial charge in [-0.05, 0) is 38.5 Å². The first-order valence-electron chi connectivity index (χ1n) is 10.5. The first-order valence-corrected chi connectivity index (χ1v) is 11.4. The largest absolute Gasteiger partial charge is 0.444 e. The van der Waals surface area contributed by atoms with Gasteiger partial charge in [0.05, 0.1) is 12.1 Å². The first kappa shape index (κ1) is 24.7. The van der Waals surface area contributed by atoms with Crippen LogP contribution in [0.25, 0.3) is 0 Å². The number of ether oxygens (including phenoxy) is 2. The normalized spacial score (nSPS) is 11.7. The number of benzene rings is 2. The third-order valence-corrected chi connectivity index (χ3v) is 5.04. The standard InChI is InChI=1S/C24H26N4O5S/c1-24(2,3)33-23(31)28-20(16-8-5-4-6-9-16)21(29)27-17-10-7-11-18(12-17)32-22(30)26-14-19-13-25-15-34-19/h4-13,15,20H,14H2,1-3H3,(H,26,30)(H,27,29)(H,28,31)/t20-/m0/s1. The molecule has 0 aliphatic rings. The number of hydrogen-bond acceptors (Lipinski definition) is 7. The Hall–Kier alpha value is -3.92. The summed E-state index contributed by atoms with van der Waals surface area (Å²) in [6.45, 7) is 5.52. The maximum absolute atomic E-state index is 13.1. The van der Waals surface area contributed by atoms with Crippen molar-refractivity contribution in [1.29, 1.82) is 0 Å². The van der Waals surface area contributed by atoms with Crippen LogP contribution in [-0.4, -0.2) is 28.7 Å². The average molecular weight is 483 g/mol. The summed E-state index contributed by atoms with van der Waals surface area (Å²) in [6, 6.07) is 14.2. The van der Waals surface area contributed by atoms with Gasteiger partial charge >= 0.3 is 12.2 Å². The van der Waals surface area contributed by atoms with Crippen LogP contribution in [0, 0.1) is 0 Å². The molecule has 9 nitrogen and oxygen atoms in total. The maximum atomic E-state index is 13.1. The molecule has 1 heterocycles. The zero-order valence-electron chi connectivity index (χ0n) is 19.0. The van der Waals surface area contributed by atoms with Gasteiger partial charge in [0.15, 0.2) is 0 Å². The smallest absolute Gasteiger partial charge is 0.412 e. The second-order valence-electron chi connectivity index (χ2n) is 8.22. The van der Waals surface area contributed by atoms with Gasteiger partial charge in [-0.2, -0.15) is 0 Å². The van der Waals surface area contributed by atoms with Crippen LogP contribution in [0.4, 0.5) is 15.3 Å². The lowest BCUT2D eigenvalue weighted by molar-refractivity contribution is -0.118. The molecule has 1 aromatic heterocycles. The number of amides is 3. The van der Waals surface area contributed by atoms with E-state index >= 15 is 0 Å². The Morgan fingerprint density at radius 2 is 1.79 bits per heavy atom. The average Bonchev–Trinajstić information content (AvgIpc) is 3.29. The summed E-state index contributed by atoms with van der Waals surface area (Å²) in [4.78, 5) is 42.3. The third-order valence-electron chi connectivity index (χ3n) is 4.26. The fourth-order valence-electron chi connectivity index (χ4n) is 2.85. The zero-order valence-corrected chi connectivity index (χ0v) is 19.8. The highest BCUT2D eigenvalue weighted by atomic mass is 32.1. The Balaban J connectivity index is 1.66. The van der Waals surface area contributed by atoms with Gasteiger partial charge in [0, 0.05) is 22.8 Å². The first-order chi connectivity index (χ1) is 16.2. The quantitative estimate of drug-likeness (QED) is 0.452. The number of hydrogen-bond donors (Lipinski definition) is 3. The van der Waals surface area contributed by atoms with Gasteiger partial charge < -0.3 is 25.4 Å². The van der Waals surface area contributed by atoms with E-state index in [0.29, 0.717) is 17.8 Å². The van der Waals surface area contributed by atoms with Crippen LogP contribution in [0.3, 0.4) is 0 Å². The molecule has 0 saturated heterocycles. The number of nitrogens with one attached hydrogen (secondary N) is 3. The topological polar surface area (TPSA) is 119 Å². The number of aromatic nitrogens is 1. The van der Waals surface area contributed by atoms with Crippen molar-refractivity contribution in [2.75, 3.05) is 5.32 Å². The lowest BCUT2D eigenvalue weighted by atomic mass is 10.1. The van der Waals surface area contributed by atoms with Crippen LogP contribution >= 0.6 is 11.3 Å². The van der Waals surface area contributed by atoms with E-state index in [1.54, 1.807) is 74.9 Å². The zero-order chi connectivity index (χ0) is 24.6. The van der Waals surface area contributed by atoms with E-state index in [0.717, 1.165) is 4.88 Å². The molecule has 10 heteroatoms. The number of carbonyl (C=O) groups excluding carboxylic acids is 3. The van der Waals surface area contributed by atoms with E-state index in [9.17, 15) is 14.4 Å². The Labute approximate surface area is 201 Å². The fraction of sp³-hybridized carbons (Fsp3) is 0.250. The molecule has 3 N–H and O–H groups in total. The molecule has 0 unspecified atom stereocenters. The molecule has 0 radical (unpaired) electrons. The summed E-state index contributed by atoms with van der Waals surface area (Å²) >= 11 is 1.42. The summed E-state index contributed by atoms with van der Waals surface area (Å²) in [7, 11) is 0. The van der Waals surface area contributed by atoms with Crippen LogP contribution in [0.15, 0.2) is 66.3 Å². The number of rotatable bonds is 7. The van der Waals surface area contributed by atoms with E-state index in [1.807, 2.05) is 6.07 Å². The molecule has 0 aliphatic carbocycles. The molecule has 0 fully saturated rings. The molecule has 1 atom stereocenters. The molecule has 3 rings (SSSR count). The maximum Gasteiger partial charge on any atom is 0.412 e. The van der Waals surface area contributed by atoms with Gasteiger partial charge in [-0.3, -0.25) is 9.78 Å². The molecule has 0 bridgehead atoms. The van der Waals surface area contributed by atoms with Gasteiger partial charge in [-0.25, -0.2) is 9.59 Å². The second kappa shape index (κ2) is 11.3. The van der Waals surface area contributed by atoms with Crippen molar-refractivity contribution in [1.82, 2.24) is 15.6 Å². The predicted molar refractivity (Wildman–Crippen MR) is 129 cm³/mol. The van der Waals surface area contributed by atoms with Crippen molar-refractivity contribution < 1.29 is 23.9 Å². The number of thiazole rings is 1. The summed E-state index contributed by atoms with van der Waals surface area (Å²) < 4.78 is 10.6. The van der Waals surface area contributed by atoms with Crippen molar-refractivity contribution in [2.45, 2.75) is 39.0 Å². The number of anilines is 1. The van der Waals surface area contributed by atoms with E-state index in [4.69, 9.17) is 9.47 Å². The molecule has 3 aromatic rings. The number of nitrogens with zero attached hydrogens (tertiary/aromatic N) is 1. The highest BCUT2D eigenvalue weighted by Crippen LogP contribution is 2.21.